The molecule has 0 aromatic heterocycles. The molecule has 1 aliphatic rings. The van der Waals surface area contributed by atoms with E-state index in [-0.39, 0.29) is 11.9 Å². The van der Waals surface area contributed by atoms with E-state index in [0.717, 1.165) is 38.9 Å². The van der Waals surface area contributed by atoms with Crippen LogP contribution in [0.15, 0.2) is 54.6 Å². The minimum absolute atomic E-state index is 0.0262. The molecule has 4 heteroatoms. The van der Waals surface area contributed by atoms with Crippen molar-refractivity contribution < 1.29 is 14.3 Å². The second-order valence-electron chi connectivity index (χ2n) is 8.57. The largest absolute Gasteiger partial charge is 0.466 e. The highest BCUT2D eigenvalue weighted by Gasteiger charge is 2.26. The van der Waals surface area contributed by atoms with Crippen LogP contribution in [0.3, 0.4) is 0 Å². The van der Waals surface area contributed by atoms with Crippen LogP contribution in [0.1, 0.15) is 48.4 Å². The average Bonchev–Trinajstić information content (AvgIpc) is 2.80. The van der Waals surface area contributed by atoms with E-state index < -0.39 is 0 Å². The highest BCUT2D eigenvalue weighted by Crippen LogP contribution is 2.28. The second-order valence-corrected chi connectivity index (χ2v) is 8.57. The number of nitrogens with zero attached hydrogens (tertiary/aromatic N) is 1. The van der Waals surface area contributed by atoms with E-state index in [0.29, 0.717) is 19.8 Å². The summed E-state index contributed by atoms with van der Waals surface area (Å²) in [5, 5.41) is 0. The number of piperidine rings is 1. The van der Waals surface area contributed by atoms with E-state index in [1.54, 1.807) is 0 Å². The van der Waals surface area contributed by atoms with Crippen molar-refractivity contribution in [2.24, 2.45) is 5.92 Å². The first-order chi connectivity index (χ1) is 15.6. The van der Waals surface area contributed by atoms with Crippen molar-refractivity contribution in [3.8, 4) is 0 Å². The Kier molecular flexibility index (Phi) is 9.51. The molecule has 0 N–H and O–H groups in total. The third-order valence-electron chi connectivity index (χ3n) is 6.16. The maximum Gasteiger partial charge on any atom is 0.310 e. The zero-order valence-electron chi connectivity index (χ0n) is 19.8. The topological polar surface area (TPSA) is 38.8 Å². The van der Waals surface area contributed by atoms with Crippen LogP contribution >= 0.6 is 0 Å². The molecule has 4 nitrogen and oxygen atoms in total. The molecular formula is C28H37NO3. The predicted molar refractivity (Wildman–Crippen MR) is 131 cm³/mol. The van der Waals surface area contributed by atoms with Crippen molar-refractivity contribution in [1.29, 1.82) is 0 Å². The molecule has 0 spiro atoms. The van der Waals surface area contributed by atoms with Gasteiger partial charge in [0.15, 0.2) is 0 Å². The lowest BCUT2D eigenvalue weighted by atomic mass is 9.91. The molecule has 1 unspecified atom stereocenters. The van der Waals surface area contributed by atoms with Crippen molar-refractivity contribution in [2.45, 2.75) is 40.0 Å². The number of carbonyl (C=O) groups excluding carboxylic acids is 1. The van der Waals surface area contributed by atoms with E-state index in [9.17, 15) is 4.79 Å². The van der Waals surface area contributed by atoms with Gasteiger partial charge in [-0.15, -0.1) is 0 Å². The highest BCUT2D eigenvalue weighted by atomic mass is 16.5. The molecule has 0 bridgehead atoms. The lowest BCUT2D eigenvalue weighted by Crippen LogP contribution is -2.40. The lowest BCUT2D eigenvalue weighted by molar-refractivity contribution is -0.149. The van der Waals surface area contributed by atoms with Crippen LogP contribution in [0.5, 0.6) is 0 Å². The molecule has 1 atom stereocenters. The Hall–Kier alpha value is -2.43. The lowest BCUT2D eigenvalue weighted by Gasteiger charge is -2.31. The van der Waals surface area contributed by atoms with Gasteiger partial charge in [-0.05, 0) is 74.4 Å². The molecule has 2 aromatic rings. The third kappa shape index (κ3) is 6.78. The molecular weight excluding hydrogens is 398 g/mol. The molecule has 1 aliphatic heterocycles. The molecule has 0 amide bonds. The van der Waals surface area contributed by atoms with Crippen LogP contribution in [0, 0.1) is 19.8 Å². The molecule has 0 aliphatic carbocycles. The van der Waals surface area contributed by atoms with E-state index >= 15 is 0 Å². The van der Waals surface area contributed by atoms with E-state index in [1.807, 2.05) is 6.92 Å². The molecule has 0 radical (unpaired) electrons. The van der Waals surface area contributed by atoms with E-state index in [2.05, 4.69) is 73.4 Å². The summed E-state index contributed by atoms with van der Waals surface area (Å²) in [6.45, 7) is 10.8. The summed E-state index contributed by atoms with van der Waals surface area (Å²) in [7, 11) is 0. The molecule has 0 saturated carbocycles. The minimum Gasteiger partial charge on any atom is -0.466 e. The Morgan fingerprint density at radius 2 is 1.72 bits per heavy atom. The van der Waals surface area contributed by atoms with Gasteiger partial charge < -0.3 is 14.4 Å². The van der Waals surface area contributed by atoms with E-state index in [4.69, 9.17) is 9.47 Å². The van der Waals surface area contributed by atoms with Gasteiger partial charge in [0.1, 0.15) is 0 Å². The first kappa shape index (κ1) is 24.2. The number of hydrogen-bond donors (Lipinski definition) is 0. The Balaban J connectivity index is 1.52. The number of aryl methyl sites for hydroxylation is 2. The Morgan fingerprint density at radius 3 is 2.34 bits per heavy atom. The van der Waals surface area contributed by atoms with Crippen LogP contribution in [0.25, 0.3) is 5.57 Å². The number of carbonyl (C=O) groups is 1. The van der Waals surface area contributed by atoms with Crippen LogP contribution in [-0.2, 0) is 14.3 Å². The molecule has 1 saturated heterocycles. The van der Waals surface area contributed by atoms with Gasteiger partial charge in [-0.25, -0.2) is 0 Å². The number of rotatable bonds is 10. The molecule has 3 rings (SSSR count). The fraction of sp³-hybridized carbons (Fsp3) is 0.464. The summed E-state index contributed by atoms with van der Waals surface area (Å²) in [4.78, 5) is 14.4. The number of hydrogen-bond acceptors (Lipinski definition) is 4. The van der Waals surface area contributed by atoms with Gasteiger partial charge in [-0.2, -0.15) is 0 Å². The molecule has 1 heterocycles. The number of benzene rings is 2. The van der Waals surface area contributed by atoms with Gasteiger partial charge in [0, 0.05) is 19.7 Å². The SMILES string of the molecule is CCOC(=O)C1CCCN(CCCOCC=C(c2ccccc2C)c2ccccc2C)C1. The normalized spacial score (nSPS) is 16.5. The standard InChI is InChI=1S/C28H37NO3/c1-4-32-28(30)24-13-9-17-29(21-24)18-10-19-31-20-16-27(25-14-7-5-11-22(25)2)26-15-8-6-12-23(26)3/h5-8,11-12,14-16,24H,4,9-10,13,17-21H2,1-3H3. The fourth-order valence-corrected chi connectivity index (χ4v) is 4.44. The number of ether oxygens (including phenoxy) is 2. The van der Waals surface area contributed by atoms with Gasteiger partial charge in [-0.1, -0.05) is 54.6 Å². The second kappa shape index (κ2) is 12.6. The molecule has 172 valence electrons. The fourth-order valence-electron chi connectivity index (χ4n) is 4.44. The van der Waals surface area contributed by atoms with Crippen molar-refractivity contribution in [3.05, 3.63) is 76.9 Å². The van der Waals surface area contributed by atoms with Crippen LogP contribution < -0.4 is 0 Å². The summed E-state index contributed by atoms with van der Waals surface area (Å²) < 4.78 is 11.2. The summed E-state index contributed by atoms with van der Waals surface area (Å²) in [5.41, 5.74) is 6.27. The number of likely N-dealkylation sites (tertiary alicyclic amines) is 1. The first-order valence-corrected chi connectivity index (χ1v) is 11.9. The monoisotopic (exact) mass is 435 g/mol. The van der Waals surface area contributed by atoms with Crippen molar-refractivity contribution in [1.82, 2.24) is 4.90 Å². The minimum atomic E-state index is -0.0430. The van der Waals surface area contributed by atoms with E-state index in [1.165, 1.54) is 27.8 Å². The van der Waals surface area contributed by atoms with Gasteiger partial charge in [0.25, 0.3) is 0 Å². The quantitative estimate of drug-likeness (QED) is 0.369. The van der Waals surface area contributed by atoms with Crippen molar-refractivity contribution in [3.63, 3.8) is 0 Å². The van der Waals surface area contributed by atoms with Gasteiger partial charge in [0.05, 0.1) is 19.1 Å². The highest BCUT2D eigenvalue weighted by molar-refractivity contribution is 5.82. The maximum atomic E-state index is 12.0. The van der Waals surface area contributed by atoms with Crippen molar-refractivity contribution >= 4 is 11.5 Å². The zero-order valence-corrected chi connectivity index (χ0v) is 19.8. The molecule has 1 fully saturated rings. The first-order valence-electron chi connectivity index (χ1n) is 11.9. The third-order valence-corrected chi connectivity index (χ3v) is 6.16. The zero-order chi connectivity index (χ0) is 22.8. The Morgan fingerprint density at radius 1 is 1.06 bits per heavy atom. The van der Waals surface area contributed by atoms with Crippen LogP contribution in [0.2, 0.25) is 0 Å². The Labute approximate surface area is 193 Å². The summed E-state index contributed by atoms with van der Waals surface area (Å²) in [6.07, 6.45) is 5.18. The summed E-state index contributed by atoms with van der Waals surface area (Å²) in [5.74, 6) is -0.0168. The average molecular weight is 436 g/mol. The van der Waals surface area contributed by atoms with Gasteiger partial charge >= 0.3 is 5.97 Å². The van der Waals surface area contributed by atoms with Gasteiger partial charge in [0.2, 0.25) is 0 Å². The summed E-state index contributed by atoms with van der Waals surface area (Å²) in [6, 6.07) is 17.0. The van der Waals surface area contributed by atoms with Gasteiger partial charge in [-0.3, -0.25) is 4.79 Å². The maximum absolute atomic E-state index is 12.0. The summed E-state index contributed by atoms with van der Waals surface area (Å²) >= 11 is 0. The Bertz CT molecular complexity index is 858. The smallest absolute Gasteiger partial charge is 0.310 e. The van der Waals surface area contributed by atoms with Crippen LogP contribution in [0.4, 0.5) is 0 Å². The van der Waals surface area contributed by atoms with Crippen LogP contribution in [-0.4, -0.2) is 50.3 Å². The number of esters is 1. The predicted octanol–water partition coefficient (Wildman–Crippen LogP) is 5.42. The van der Waals surface area contributed by atoms with Crippen molar-refractivity contribution in [2.75, 3.05) is 39.5 Å². The molecule has 2 aromatic carbocycles. The molecule has 32 heavy (non-hydrogen) atoms.